The van der Waals surface area contributed by atoms with Crippen LogP contribution in [0.15, 0.2) is 34.1 Å². The van der Waals surface area contributed by atoms with Gasteiger partial charge in [0.2, 0.25) is 0 Å². The minimum Gasteiger partial charge on any atom is -0.497 e. The fourth-order valence-electron chi connectivity index (χ4n) is 2.78. The summed E-state index contributed by atoms with van der Waals surface area (Å²) in [7, 11) is 1.70. The Labute approximate surface area is 125 Å². The Morgan fingerprint density at radius 1 is 1.42 bits per heavy atom. The summed E-state index contributed by atoms with van der Waals surface area (Å²) >= 11 is 5.36. The van der Waals surface area contributed by atoms with Crippen molar-refractivity contribution in [1.82, 2.24) is 0 Å². The quantitative estimate of drug-likeness (QED) is 0.922. The smallest absolute Gasteiger partial charge is 0.119 e. The molecular formula is C15H16BrNOS. The number of methoxy groups -OCH3 is 1. The number of fused-ring (bicyclic) bond motifs is 1. The van der Waals surface area contributed by atoms with Gasteiger partial charge < -0.3 is 10.5 Å². The minimum atomic E-state index is -0.267. The highest BCUT2D eigenvalue weighted by Crippen LogP contribution is 2.41. The predicted molar refractivity (Wildman–Crippen MR) is 82.9 cm³/mol. The summed E-state index contributed by atoms with van der Waals surface area (Å²) in [6.07, 6.45) is 2.93. The van der Waals surface area contributed by atoms with Gasteiger partial charge in [-0.2, -0.15) is 0 Å². The first-order valence-corrected chi connectivity index (χ1v) is 7.98. The Hall–Kier alpha value is -0.840. The Balaban J connectivity index is 1.97. The maximum absolute atomic E-state index is 6.68. The van der Waals surface area contributed by atoms with Crippen LogP contribution >= 0.6 is 27.3 Å². The van der Waals surface area contributed by atoms with Crippen LogP contribution in [0.1, 0.15) is 22.4 Å². The molecular weight excluding hydrogens is 322 g/mol. The lowest BCUT2D eigenvalue weighted by Crippen LogP contribution is -2.36. The van der Waals surface area contributed by atoms with Crippen LogP contribution in [0.2, 0.25) is 0 Å². The van der Waals surface area contributed by atoms with Gasteiger partial charge >= 0.3 is 0 Å². The fourth-order valence-corrected chi connectivity index (χ4v) is 4.40. The summed E-state index contributed by atoms with van der Waals surface area (Å²) in [6, 6.07) is 8.35. The number of benzene rings is 1. The van der Waals surface area contributed by atoms with Gasteiger partial charge in [-0.25, -0.2) is 0 Å². The highest BCUT2D eigenvalue weighted by Gasteiger charge is 2.36. The number of ether oxygens (including phenoxy) is 1. The first kappa shape index (κ1) is 13.2. The maximum atomic E-state index is 6.68. The average Bonchev–Trinajstić information content (AvgIpc) is 2.95. The predicted octanol–water partition coefficient (Wildman–Crippen LogP) is 3.86. The van der Waals surface area contributed by atoms with Crippen molar-refractivity contribution in [3.63, 3.8) is 0 Å². The molecule has 0 fully saturated rings. The van der Waals surface area contributed by atoms with E-state index in [1.807, 2.05) is 6.07 Å². The number of hydrogen-bond donors (Lipinski definition) is 1. The van der Waals surface area contributed by atoms with Crippen molar-refractivity contribution >= 4 is 27.3 Å². The molecule has 3 rings (SSSR count). The highest BCUT2D eigenvalue weighted by molar-refractivity contribution is 9.10. The van der Waals surface area contributed by atoms with E-state index in [9.17, 15) is 0 Å². The standard InChI is InChI=1S/C15H16BrNOS/c1-18-11-3-2-10-4-6-15(17,12(10)8-11)9-14-13(16)5-7-19-14/h2-3,5,7-8H,4,6,9,17H2,1H3. The first-order chi connectivity index (χ1) is 9.12. The molecule has 1 aromatic heterocycles. The molecule has 0 saturated carbocycles. The molecule has 0 bridgehead atoms. The van der Waals surface area contributed by atoms with E-state index in [1.54, 1.807) is 18.4 Å². The van der Waals surface area contributed by atoms with Crippen LogP contribution in [0, 0.1) is 0 Å². The van der Waals surface area contributed by atoms with Crippen molar-refractivity contribution in [2.75, 3.05) is 7.11 Å². The zero-order valence-corrected chi connectivity index (χ0v) is 13.2. The van der Waals surface area contributed by atoms with E-state index in [0.717, 1.165) is 25.0 Å². The van der Waals surface area contributed by atoms with Crippen LogP contribution in [0.5, 0.6) is 5.75 Å². The Bertz CT molecular complexity index is 610. The highest BCUT2D eigenvalue weighted by atomic mass is 79.9. The molecule has 0 saturated heterocycles. The van der Waals surface area contributed by atoms with Crippen LogP contribution < -0.4 is 10.5 Å². The van der Waals surface area contributed by atoms with Gasteiger partial charge in [-0.05, 0) is 63.5 Å². The molecule has 2 aromatic rings. The SMILES string of the molecule is COc1ccc2c(c1)C(N)(Cc1sccc1Br)CC2. The van der Waals surface area contributed by atoms with Crippen molar-refractivity contribution < 1.29 is 4.74 Å². The fraction of sp³-hybridized carbons (Fsp3) is 0.333. The summed E-state index contributed by atoms with van der Waals surface area (Å²) < 4.78 is 6.49. The van der Waals surface area contributed by atoms with Crippen LogP contribution in [0.3, 0.4) is 0 Å². The summed E-state index contributed by atoms with van der Waals surface area (Å²) in [6.45, 7) is 0. The molecule has 0 spiro atoms. The lowest BCUT2D eigenvalue weighted by Gasteiger charge is -2.25. The van der Waals surface area contributed by atoms with Gasteiger partial charge in [0.1, 0.15) is 5.75 Å². The van der Waals surface area contributed by atoms with Gasteiger partial charge in [-0.15, -0.1) is 11.3 Å². The van der Waals surface area contributed by atoms with Crippen LogP contribution in [0.4, 0.5) is 0 Å². The van der Waals surface area contributed by atoms with Crippen molar-refractivity contribution in [2.45, 2.75) is 24.8 Å². The van der Waals surface area contributed by atoms with Gasteiger partial charge in [0.05, 0.1) is 7.11 Å². The molecule has 1 atom stereocenters. The summed E-state index contributed by atoms with van der Waals surface area (Å²) in [5.41, 5.74) is 9.02. The zero-order chi connectivity index (χ0) is 13.5. The van der Waals surface area contributed by atoms with E-state index in [1.165, 1.54) is 20.5 Å². The van der Waals surface area contributed by atoms with Gasteiger partial charge in [0.25, 0.3) is 0 Å². The average molecular weight is 338 g/mol. The molecule has 1 aliphatic carbocycles. The second-order valence-corrected chi connectivity index (χ2v) is 6.90. The van der Waals surface area contributed by atoms with Crippen LogP contribution in [-0.2, 0) is 18.4 Å². The van der Waals surface area contributed by atoms with Gasteiger partial charge in [-0.3, -0.25) is 0 Å². The lowest BCUT2D eigenvalue weighted by molar-refractivity contribution is 0.408. The van der Waals surface area contributed by atoms with E-state index >= 15 is 0 Å². The zero-order valence-electron chi connectivity index (χ0n) is 10.8. The van der Waals surface area contributed by atoms with E-state index < -0.39 is 0 Å². The van der Waals surface area contributed by atoms with Crippen molar-refractivity contribution in [1.29, 1.82) is 0 Å². The normalized spacial score (nSPS) is 21.4. The third kappa shape index (κ3) is 2.33. The third-order valence-corrected chi connectivity index (χ3v) is 5.79. The Morgan fingerprint density at radius 3 is 2.95 bits per heavy atom. The summed E-state index contributed by atoms with van der Waals surface area (Å²) in [4.78, 5) is 1.32. The molecule has 2 N–H and O–H groups in total. The molecule has 0 aliphatic heterocycles. The largest absolute Gasteiger partial charge is 0.497 e. The van der Waals surface area contributed by atoms with Crippen LogP contribution in [-0.4, -0.2) is 7.11 Å². The monoisotopic (exact) mass is 337 g/mol. The van der Waals surface area contributed by atoms with Gasteiger partial charge in [-0.1, -0.05) is 6.07 Å². The molecule has 2 nitrogen and oxygen atoms in total. The second kappa shape index (κ2) is 4.93. The van der Waals surface area contributed by atoms with E-state index in [0.29, 0.717) is 0 Å². The number of thiophene rings is 1. The number of rotatable bonds is 3. The Morgan fingerprint density at radius 2 is 2.26 bits per heavy atom. The molecule has 4 heteroatoms. The lowest BCUT2D eigenvalue weighted by atomic mass is 9.88. The minimum absolute atomic E-state index is 0.267. The maximum Gasteiger partial charge on any atom is 0.119 e. The van der Waals surface area contributed by atoms with Gasteiger partial charge in [0, 0.05) is 21.3 Å². The van der Waals surface area contributed by atoms with Crippen molar-refractivity contribution in [3.05, 3.63) is 50.1 Å². The molecule has 100 valence electrons. The summed E-state index contributed by atoms with van der Waals surface area (Å²) in [5, 5.41) is 2.10. The topological polar surface area (TPSA) is 35.2 Å². The number of aryl methyl sites for hydroxylation is 1. The molecule has 0 radical (unpaired) electrons. The number of halogens is 1. The number of hydrogen-bond acceptors (Lipinski definition) is 3. The van der Waals surface area contributed by atoms with E-state index in [-0.39, 0.29) is 5.54 Å². The molecule has 1 unspecified atom stereocenters. The van der Waals surface area contributed by atoms with E-state index in [2.05, 4.69) is 39.5 Å². The van der Waals surface area contributed by atoms with E-state index in [4.69, 9.17) is 10.5 Å². The van der Waals surface area contributed by atoms with Gasteiger partial charge in [0.15, 0.2) is 0 Å². The molecule has 1 heterocycles. The Kier molecular flexibility index (Phi) is 3.41. The molecule has 19 heavy (non-hydrogen) atoms. The molecule has 1 aliphatic rings. The molecule has 0 amide bonds. The number of nitrogens with two attached hydrogens (primary N) is 1. The van der Waals surface area contributed by atoms with Crippen molar-refractivity contribution in [2.24, 2.45) is 5.73 Å². The van der Waals surface area contributed by atoms with Crippen molar-refractivity contribution in [3.8, 4) is 5.75 Å². The second-order valence-electron chi connectivity index (χ2n) is 5.05. The van der Waals surface area contributed by atoms with Crippen LogP contribution in [0.25, 0.3) is 0 Å². The molecule has 1 aromatic carbocycles. The third-order valence-electron chi connectivity index (χ3n) is 3.86. The summed E-state index contributed by atoms with van der Waals surface area (Å²) in [5.74, 6) is 0.890. The first-order valence-electron chi connectivity index (χ1n) is 6.30.